The number of rotatable bonds is 6. The first kappa shape index (κ1) is 14.4. The minimum absolute atomic E-state index is 0.0630. The molecule has 20 heavy (non-hydrogen) atoms. The van der Waals surface area contributed by atoms with Crippen molar-refractivity contribution in [2.45, 2.75) is 13.5 Å². The smallest absolute Gasteiger partial charge is 0.232 e. The van der Waals surface area contributed by atoms with Crippen LogP contribution in [0.25, 0.3) is 0 Å². The zero-order valence-electron chi connectivity index (χ0n) is 11.5. The summed E-state index contributed by atoms with van der Waals surface area (Å²) in [4.78, 5) is 4.04. The van der Waals surface area contributed by atoms with E-state index in [1.807, 2.05) is 23.7 Å². The first-order valence-electron chi connectivity index (χ1n) is 6.30. The normalized spacial score (nSPS) is 11.3. The molecule has 0 bridgehead atoms. The maximum atomic E-state index is 11.4. The average molecular weight is 294 g/mol. The lowest BCUT2D eigenvalue weighted by molar-refractivity contribution is 0.602. The van der Waals surface area contributed by atoms with Gasteiger partial charge in [-0.05, 0) is 31.2 Å². The number of nitrogens with one attached hydrogen (secondary N) is 2. The summed E-state index contributed by atoms with van der Waals surface area (Å²) in [5.74, 6) is 0.0630. The highest BCUT2D eigenvalue weighted by atomic mass is 32.2. The molecule has 2 aromatic rings. The van der Waals surface area contributed by atoms with E-state index in [1.165, 1.54) is 0 Å². The van der Waals surface area contributed by atoms with Crippen LogP contribution in [-0.4, -0.2) is 23.7 Å². The van der Waals surface area contributed by atoms with Gasteiger partial charge in [-0.25, -0.2) is 13.4 Å². The van der Waals surface area contributed by atoms with Gasteiger partial charge in [-0.1, -0.05) is 0 Å². The molecule has 0 aliphatic rings. The Hall–Kier alpha value is -2.02. The number of hydrogen-bond donors (Lipinski definition) is 2. The molecule has 0 aliphatic heterocycles. The van der Waals surface area contributed by atoms with Gasteiger partial charge in [0.05, 0.1) is 24.3 Å². The van der Waals surface area contributed by atoms with Crippen LogP contribution in [0.3, 0.4) is 0 Å². The van der Waals surface area contributed by atoms with Crippen molar-refractivity contribution in [2.75, 3.05) is 15.8 Å². The number of aromatic nitrogens is 2. The Morgan fingerprint density at radius 3 is 2.40 bits per heavy atom. The topological polar surface area (TPSA) is 76.0 Å². The van der Waals surface area contributed by atoms with Crippen LogP contribution >= 0.6 is 0 Å². The summed E-state index contributed by atoms with van der Waals surface area (Å²) in [6, 6.07) is 7.14. The number of sulfonamides is 1. The Balaban J connectivity index is 1.97. The molecule has 1 aromatic carbocycles. The summed E-state index contributed by atoms with van der Waals surface area (Å²) < 4.78 is 27.3. The van der Waals surface area contributed by atoms with E-state index in [9.17, 15) is 8.42 Å². The van der Waals surface area contributed by atoms with Gasteiger partial charge in [0.25, 0.3) is 0 Å². The first-order chi connectivity index (χ1) is 9.50. The standard InChI is InChI=1S/C13H18N4O2S/c1-3-20(18,19)16-12-6-4-11(5-7-12)15-9-13-8-14-10-17(13)2/h4-8,10,15-16H,3,9H2,1-2H3. The van der Waals surface area contributed by atoms with E-state index in [0.29, 0.717) is 12.2 Å². The molecule has 1 heterocycles. The number of nitrogens with zero attached hydrogens (tertiary/aromatic N) is 2. The van der Waals surface area contributed by atoms with Crippen molar-refractivity contribution in [3.05, 3.63) is 42.5 Å². The number of anilines is 2. The van der Waals surface area contributed by atoms with Gasteiger partial charge in [0.15, 0.2) is 0 Å². The van der Waals surface area contributed by atoms with Crippen molar-refractivity contribution in [3.63, 3.8) is 0 Å². The molecule has 0 fully saturated rings. The fourth-order valence-electron chi connectivity index (χ4n) is 1.66. The van der Waals surface area contributed by atoms with Crippen LogP contribution in [0.4, 0.5) is 11.4 Å². The van der Waals surface area contributed by atoms with Crippen LogP contribution in [0.1, 0.15) is 12.6 Å². The molecule has 2 rings (SSSR count). The second-order valence-corrected chi connectivity index (χ2v) is 6.44. The number of benzene rings is 1. The molecule has 0 atom stereocenters. The van der Waals surface area contributed by atoms with E-state index in [4.69, 9.17) is 0 Å². The summed E-state index contributed by atoms with van der Waals surface area (Å²) >= 11 is 0. The molecular formula is C13H18N4O2S. The third kappa shape index (κ3) is 3.74. The molecule has 1 aromatic heterocycles. The predicted molar refractivity (Wildman–Crippen MR) is 80.1 cm³/mol. The Labute approximate surface area is 118 Å². The Bertz CT molecular complexity index is 662. The number of hydrogen-bond acceptors (Lipinski definition) is 4. The summed E-state index contributed by atoms with van der Waals surface area (Å²) in [7, 11) is -1.28. The van der Waals surface area contributed by atoms with Crippen LogP contribution in [0, 0.1) is 0 Å². The monoisotopic (exact) mass is 294 g/mol. The molecule has 2 N–H and O–H groups in total. The second-order valence-electron chi connectivity index (χ2n) is 4.43. The highest BCUT2D eigenvalue weighted by molar-refractivity contribution is 7.92. The van der Waals surface area contributed by atoms with Crippen molar-refractivity contribution in [3.8, 4) is 0 Å². The number of imidazole rings is 1. The van der Waals surface area contributed by atoms with Crippen LogP contribution in [0.15, 0.2) is 36.8 Å². The van der Waals surface area contributed by atoms with Crippen LogP contribution in [0.2, 0.25) is 0 Å². The third-order valence-corrected chi connectivity index (χ3v) is 4.24. The lowest BCUT2D eigenvalue weighted by Gasteiger charge is -2.09. The SMILES string of the molecule is CCS(=O)(=O)Nc1ccc(NCc2cncn2C)cc1. The van der Waals surface area contributed by atoms with E-state index in [0.717, 1.165) is 11.4 Å². The molecule has 0 radical (unpaired) electrons. The lowest BCUT2D eigenvalue weighted by Crippen LogP contribution is -2.14. The summed E-state index contributed by atoms with van der Waals surface area (Å²) in [6.07, 6.45) is 3.55. The Morgan fingerprint density at radius 1 is 1.20 bits per heavy atom. The zero-order valence-corrected chi connectivity index (χ0v) is 12.3. The fourth-order valence-corrected chi connectivity index (χ4v) is 2.29. The highest BCUT2D eigenvalue weighted by Crippen LogP contribution is 2.15. The minimum atomic E-state index is -3.22. The average Bonchev–Trinajstić information content (AvgIpc) is 2.83. The zero-order chi connectivity index (χ0) is 14.6. The van der Waals surface area contributed by atoms with Gasteiger partial charge in [-0.3, -0.25) is 4.72 Å². The van der Waals surface area contributed by atoms with Crippen molar-refractivity contribution < 1.29 is 8.42 Å². The second kappa shape index (κ2) is 5.96. The maximum Gasteiger partial charge on any atom is 0.232 e. The lowest BCUT2D eigenvalue weighted by atomic mass is 10.3. The van der Waals surface area contributed by atoms with Gasteiger partial charge in [-0.2, -0.15) is 0 Å². The maximum absolute atomic E-state index is 11.4. The molecule has 0 unspecified atom stereocenters. The predicted octanol–water partition coefficient (Wildman–Crippen LogP) is 1.79. The fraction of sp³-hybridized carbons (Fsp3) is 0.308. The molecule has 0 aliphatic carbocycles. The largest absolute Gasteiger partial charge is 0.379 e. The van der Waals surface area contributed by atoms with E-state index < -0.39 is 10.0 Å². The molecule has 7 heteroatoms. The molecule has 0 spiro atoms. The van der Waals surface area contributed by atoms with E-state index >= 15 is 0 Å². The quantitative estimate of drug-likeness (QED) is 0.851. The molecule has 0 saturated carbocycles. The van der Waals surface area contributed by atoms with Crippen molar-refractivity contribution in [1.29, 1.82) is 0 Å². The van der Waals surface area contributed by atoms with E-state index in [1.54, 1.807) is 31.6 Å². The summed E-state index contributed by atoms with van der Waals surface area (Å²) in [5.41, 5.74) is 2.56. The van der Waals surface area contributed by atoms with Crippen molar-refractivity contribution in [1.82, 2.24) is 9.55 Å². The third-order valence-electron chi connectivity index (χ3n) is 2.93. The van der Waals surface area contributed by atoms with E-state index in [-0.39, 0.29) is 5.75 Å². The Kier molecular flexibility index (Phi) is 4.29. The Morgan fingerprint density at radius 2 is 1.85 bits per heavy atom. The number of aryl methyl sites for hydroxylation is 1. The summed E-state index contributed by atoms with van der Waals surface area (Å²) in [5, 5.41) is 3.25. The molecule has 6 nitrogen and oxygen atoms in total. The molecule has 0 saturated heterocycles. The van der Waals surface area contributed by atoms with Crippen molar-refractivity contribution >= 4 is 21.4 Å². The van der Waals surface area contributed by atoms with Gasteiger partial charge >= 0.3 is 0 Å². The van der Waals surface area contributed by atoms with Crippen LogP contribution < -0.4 is 10.0 Å². The van der Waals surface area contributed by atoms with Crippen molar-refractivity contribution in [2.24, 2.45) is 7.05 Å². The molecule has 0 amide bonds. The van der Waals surface area contributed by atoms with Gasteiger partial charge in [0.2, 0.25) is 10.0 Å². The summed E-state index contributed by atoms with van der Waals surface area (Å²) in [6.45, 7) is 2.27. The first-order valence-corrected chi connectivity index (χ1v) is 7.95. The highest BCUT2D eigenvalue weighted by Gasteiger charge is 2.06. The molecular weight excluding hydrogens is 276 g/mol. The van der Waals surface area contributed by atoms with Gasteiger partial charge in [0.1, 0.15) is 0 Å². The molecule has 108 valence electrons. The van der Waals surface area contributed by atoms with Gasteiger partial charge in [0, 0.05) is 24.6 Å². The van der Waals surface area contributed by atoms with Gasteiger partial charge in [-0.15, -0.1) is 0 Å². The van der Waals surface area contributed by atoms with E-state index in [2.05, 4.69) is 15.0 Å². The van der Waals surface area contributed by atoms with Crippen LogP contribution in [0.5, 0.6) is 0 Å². The van der Waals surface area contributed by atoms with Crippen LogP contribution in [-0.2, 0) is 23.6 Å². The van der Waals surface area contributed by atoms with Gasteiger partial charge < -0.3 is 9.88 Å². The minimum Gasteiger partial charge on any atom is -0.379 e.